The number of hydrogen-bond donors (Lipinski definition) is 1. The van der Waals surface area contributed by atoms with Crippen molar-refractivity contribution in [3.05, 3.63) is 59.2 Å². The van der Waals surface area contributed by atoms with E-state index in [4.69, 9.17) is 14.2 Å². The van der Waals surface area contributed by atoms with Crippen LogP contribution >= 0.6 is 0 Å². The number of carbonyl (C=O) groups excluding carboxylic acids is 2. The number of methoxy groups -OCH3 is 3. The summed E-state index contributed by atoms with van der Waals surface area (Å²) in [5.74, 6) is -0.369. The van der Waals surface area contributed by atoms with E-state index in [1.54, 1.807) is 42.5 Å². The van der Waals surface area contributed by atoms with Gasteiger partial charge in [-0.05, 0) is 32.3 Å². The third kappa shape index (κ3) is 4.27. The number of likely N-dealkylation sites (N-methyl/N-ethyl adjacent to an activating group) is 1. The number of carbonyl (C=O) groups is 2. The predicted molar refractivity (Wildman–Crippen MR) is 120 cm³/mol. The van der Waals surface area contributed by atoms with Gasteiger partial charge in [0, 0.05) is 24.7 Å². The second-order valence-corrected chi connectivity index (χ2v) is 7.60. The summed E-state index contributed by atoms with van der Waals surface area (Å²) in [7, 11) is 8.27. The number of aliphatic hydroxyl groups excluding tert-OH is 1. The minimum absolute atomic E-state index is 0.0123. The minimum Gasteiger partial charge on any atom is -0.507 e. The Morgan fingerprint density at radius 1 is 1.00 bits per heavy atom. The van der Waals surface area contributed by atoms with Gasteiger partial charge in [0.2, 0.25) is 0 Å². The molecule has 170 valence electrons. The number of likely N-dealkylation sites (tertiary alicyclic amines) is 1. The number of ether oxygens (including phenoxy) is 3. The molecular weight excluding hydrogens is 412 g/mol. The molecule has 32 heavy (non-hydrogen) atoms. The normalized spacial score (nSPS) is 17.7. The maximum Gasteiger partial charge on any atom is 0.295 e. The number of aliphatic hydroxyl groups is 1. The Morgan fingerprint density at radius 2 is 1.69 bits per heavy atom. The van der Waals surface area contributed by atoms with Gasteiger partial charge in [0.1, 0.15) is 23.0 Å². The lowest BCUT2D eigenvalue weighted by Gasteiger charge is -2.27. The first kappa shape index (κ1) is 23.1. The number of Topliss-reactive ketones (excluding diaryl/α,β-unsaturated/α-hetero) is 1. The number of nitrogens with zero attached hydrogens (tertiary/aromatic N) is 2. The average Bonchev–Trinajstić information content (AvgIpc) is 3.06. The van der Waals surface area contributed by atoms with Crippen LogP contribution < -0.4 is 14.2 Å². The first-order valence-electron chi connectivity index (χ1n) is 10.1. The van der Waals surface area contributed by atoms with E-state index in [0.29, 0.717) is 41.5 Å². The van der Waals surface area contributed by atoms with Crippen LogP contribution in [0.25, 0.3) is 5.76 Å². The van der Waals surface area contributed by atoms with Gasteiger partial charge in [0.05, 0.1) is 38.5 Å². The van der Waals surface area contributed by atoms with Crippen molar-refractivity contribution in [2.45, 2.75) is 6.04 Å². The zero-order chi connectivity index (χ0) is 23.4. The van der Waals surface area contributed by atoms with Crippen molar-refractivity contribution in [3.63, 3.8) is 0 Å². The molecule has 8 nitrogen and oxygen atoms in total. The van der Waals surface area contributed by atoms with E-state index < -0.39 is 17.7 Å². The van der Waals surface area contributed by atoms with Crippen molar-refractivity contribution in [1.82, 2.24) is 9.80 Å². The van der Waals surface area contributed by atoms with Crippen LogP contribution in [0.1, 0.15) is 17.2 Å². The molecule has 0 aromatic heterocycles. The molecule has 0 radical (unpaired) electrons. The second-order valence-electron chi connectivity index (χ2n) is 7.60. The van der Waals surface area contributed by atoms with Crippen LogP contribution in [0, 0.1) is 0 Å². The minimum atomic E-state index is -0.807. The summed E-state index contributed by atoms with van der Waals surface area (Å²) < 4.78 is 16.1. The highest BCUT2D eigenvalue weighted by Crippen LogP contribution is 2.43. The molecule has 2 aromatic rings. The molecular formula is C24H28N2O6. The second kappa shape index (κ2) is 9.74. The van der Waals surface area contributed by atoms with Gasteiger partial charge >= 0.3 is 0 Å². The molecule has 8 heteroatoms. The van der Waals surface area contributed by atoms with Gasteiger partial charge in [-0.15, -0.1) is 0 Å². The van der Waals surface area contributed by atoms with Crippen LogP contribution in [-0.4, -0.2) is 75.1 Å². The lowest BCUT2D eigenvalue weighted by molar-refractivity contribution is -0.140. The highest BCUT2D eigenvalue weighted by atomic mass is 16.5. The van der Waals surface area contributed by atoms with Crippen LogP contribution in [0.15, 0.2) is 48.0 Å². The van der Waals surface area contributed by atoms with Gasteiger partial charge in [-0.2, -0.15) is 0 Å². The van der Waals surface area contributed by atoms with E-state index in [2.05, 4.69) is 0 Å². The molecule has 1 heterocycles. The Balaban J connectivity index is 2.23. The molecule has 0 spiro atoms. The molecule has 0 bridgehead atoms. The lowest BCUT2D eigenvalue weighted by atomic mass is 9.94. The van der Waals surface area contributed by atoms with E-state index in [-0.39, 0.29) is 11.3 Å². The van der Waals surface area contributed by atoms with Crippen molar-refractivity contribution in [3.8, 4) is 17.2 Å². The molecule has 1 amide bonds. The molecule has 2 aromatic carbocycles. The quantitative estimate of drug-likeness (QED) is 0.384. The largest absolute Gasteiger partial charge is 0.507 e. The van der Waals surface area contributed by atoms with Crippen molar-refractivity contribution < 1.29 is 28.9 Å². The maximum atomic E-state index is 13.2. The Hall–Kier alpha value is -3.52. The monoisotopic (exact) mass is 440 g/mol. The predicted octanol–water partition coefficient (Wildman–Crippen LogP) is 2.70. The number of para-hydroxylation sites is 1. The van der Waals surface area contributed by atoms with Crippen molar-refractivity contribution >= 4 is 17.4 Å². The average molecular weight is 440 g/mol. The lowest BCUT2D eigenvalue weighted by Crippen LogP contribution is -2.35. The fourth-order valence-electron chi connectivity index (χ4n) is 3.77. The summed E-state index contributed by atoms with van der Waals surface area (Å²) in [5.41, 5.74) is 0.891. The number of amides is 1. The van der Waals surface area contributed by atoms with Gasteiger partial charge in [-0.3, -0.25) is 9.59 Å². The molecule has 1 saturated heterocycles. The maximum absolute atomic E-state index is 13.2. The fraction of sp³-hybridized carbons (Fsp3) is 0.333. The Morgan fingerprint density at radius 3 is 2.31 bits per heavy atom. The van der Waals surface area contributed by atoms with Crippen LogP contribution in [0.4, 0.5) is 0 Å². The number of benzene rings is 2. The topological polar surface area (TPSA) is 88.5 Å². The first-order valence-corrected chi connectivity index (χ1v) is 10.1. The van der Waals surface area contributed by atoms with Crippen LogP contribution in [0.3, 0.4) is 0 Å². The van der Waals surface area contributed by atoms with Gasteiger partial charge in [0.25, 0.3) is 11.7 Å². The molecule has 1 fully saturated rings. The van der Waals surface area contributed by atoms with Crippen molar-refractivity contribution in [2.75, 3.05) is 48.5 Å². The van der Waals surface area contributed by atoms with Gasteiger partial charge in [0.15, 0.2) is 0 Å². The van der Waals surface area contributed by atoms with Crippen LogP contribution in [0.5, 0.6) is 17.2 Å². The Bertz CT molecular complexity index is 1050. The molecule has 0 unspecified atom stereocenters. The summed E-state index contributed by atoms with van der Waals surface area (Å²) in [4.78, 5) is 29.6. The molecule has 3 rings (SSSR count). The fourth-order valence-corrected chi connectivity index (χ4v) is 3.77. The van der Waals surface area contributed by atoms with Gasteiger partial charge in [-0.1, -0.05) is 18.2 Å². The highest BCUT2D eigenvalue weighted by molar-refractivity contribution is 6.46. The molecule has 1 aliphatic rings. The van der Waals surface area contributed by atoms with E-state index in [9.17, 15) is 14.7 Å². The van der Waals surface area contributed by atoms with Crippen molar-refractivity contribution in [2.24, 2.45) is 0 Å². The molecule has 1 N–H and O–H groups in total. The zero-order valence-corrected chi connectivity index (χ0v) is 18.9. The van der Waals surface area contributed by atoms with E-state index in [0.717, 1.165) is 0 Å². The summed E-state index contributed by atoms with van der Waals surface area (Å²) in [5, 5.41) is 11.3. The number of rotatable bonds is 8. The molecule has 1 atom stereocenters. The zero-order valence-electron chi connectivity index (χ0n) is 18.9. The highest BCUT2D eigenvalue weighted by Gasteiger charge is 2.47. The third-order valence-electron chi connectivity index (χ3n) is 5.43. The summed E-state index contributed by atoms with van der Waals surface area (Å²) in [6, 6.07) is 11.2. The number of ketones is 1. The van der Waals surface area contributed by atoms with E-state index >= 15 is 0 Å². The molecule has 1 aliphatic heterocycles. The summed E-state index contributed by atoms with van der Waals surface area (Å²) in [6.45, 7) is 0.849. The molecule has 0 saturated carbocycles. The molecule has 0 aliphatic carbocycles. The Kier molecular flexibility index (Phi) is 7.05. The van der Waals surface area contributed by atoms with E-state index in [1.807, 2.05) is 19.0 Å². The standard InChI is InChI=1S/C24H28N2O6/c1-25(2)12-13-26-21(16-8-6-7-9-18(16)31-4)20(23(28)24(26)29)22(27)17-11-10-15(30-3)14-19(17)32-5/h6-11,14,21,27H,12-13H2,1-5H3/t21-/m0/s1. The SMILES string of the molecule is COc1ccc(C(O)=C2C(=O)C(=O)N(CCN(C)C)[C@H]2c2ccccc2OC)c(OC)c1. The third-order valence-corrected chi connectivity index (χ3v) is 5.43. The summed E-state index contributed by atoms with van der Waals surface area (Å²) in [6.07, 6.45) is 0. The van der Waals surface area contributed by atoms with Crippen LogP contribution in [0.2, 0.25) is 0 Å². The van der Waals surface area contributed by atoms with Crippen molar-refractivity contribution in [1.29, 1.82) is 0 Å². The van der Waals surface area contributed by atoms with E-state index in [1.165, 1.54) is 26.2 Å². The van der Waals surface area contributed by atoms with Crippen LogP contribution in [-0.2, 0) is 9.59 Å². The van der Waals surface area contributed by atoms with Gasteiger partial charge in [-0.25, -0.2) is 0 Å². The van der Waals surface area contributed by atoms with Gasteiger partial charge < -0.3 is 29.1 Å². The summed E-state index contributed by atoms with van der Waals surface area (Å²) >= 11 is 0. The Labute approximate surface area is 187 Å². The number of hydrogen-bond acceptors (Lipinski definition) is 7. The smallest absolute Gasteiger partial charge is 0.295 e. The first-order chi connectivity index (χ1) is 15.3.